The molecule has 4 aromatic rings. The zero-order valence-corrected chi connectivity index (χ0v) is 16.5. The van der Waals surface area contributed by atoms with Gasteiger partial charge in [-0.2, -0.15) is 5.10 Å². The van der Waals surface area contributed by atoms with Crippen LogP contribution in [0.4, 0.5) is 8.78 Å². The maximum absolute atomic E-state index is 13.7. The van der Waals surface area contributed by atoms with Crippen LogP contribution in [0, 0.1) is 6.92 Å². The van der Waals surface area contributed by atoms with Gasteiger partial charge in [0.2, 0.25) is 0 Å². The first kappa shape index (κ1) is 19.7. The fourth-order valence-electron chi connectivity index (χ4n) is 3.27. The number of aromatic nitrogens is 3. The summed E-state index contributed by atoms with van der Waals surface area (Å²) in [5, 5.41) is 6.89. The van der Waals surface area contributed by atoms with Crippen LogP contribution in [0.25, 0.3) is 16.9 Å². The molecule has 7 heteroatoms. The van der Waals surface area contributed by atoms with Gasteiger partial charge in [-0.1, -0.05) is 60.2 Å². The summed E-state index contributed by atoms with van der Waals surface area (Å²) in [7, 11) is 0. The van der Waals surface area contributed by atoms with Crippen LogP contribution >= 0.6 is 0 Å². The van der Waals surface area contributed by atoms with E-state index < -0.39 is 12.3 Å². The normalized spacial score (nSPS) is 12.3. The van der Waals surface area contributed by atoms with Gasteiger partial charge in [0.1, 0.15) is 11.3 Å². The van der Waals surface area contributed by atoms with E-state index in [2.05, 4.69) is 15.4 Å². The number of halogens is 2. The van der Waals surface area contributed by atoms with Crippen molar-refractivity contribution < 1.29 is 13.6 Å². The third kappa shape index (κ3) is 3.78. The molecule has 0 aliphatic heterocycles. The van der Waals surface area contributed by atoms with E-state index in [1.54, 1.807) is 0 Å². The molecular formula is C23H20F2N4O. The highest BCUT2D eigenvalue weighted by molar-refractivity contribution is 6.00. The van der Waals surface area contributed by atoms with Crippen molar-refractivity contribution in [3.05, 3.63) is 89.2 Å². The van der Waals surface area contributed by atoms with E-state index in [0.29, 0.717) is 11.3 Å². The van der Waals surface area contributed by atoms with Crippen molar-refractivity contribution in [3.63, 3.8) is 0 Å². The predicted molar refractivity (Wildman–Crippen MR) is 110 cm³/mol. The van der Waals surface area contributed by atoms with Gasteiger partial charge in [-0.3, -0.25) is 4.79 Å². The second kappa shape index (κ2) is 8.02. The Morgan fingerprint density at radius 3 is 2.43 bits per heavy atom. The Morgan fingerprint density at radius 1 is 1.07 bits per heavy atom. The number of rotatable bonds is 5. The molecule has 1 N–H and O–H groups in total. The second-order valence-corrected chi connectivity index (χ2v) is 7.13. The van der Waals surface area contributed by atoms with Crippen LogP contribution in [0.15, 0.2) is 66.9 Å². The summed E-state index contributed by atoms with van der Waals surface area (Å²) in [5.41, 5.74) is 2.97. The fraction of sp³-hybridized carbons (Fsp3) is 0.174. The monoisotopic (exact) mass is 406 g/mol. The summed E-state index contributed by atoms with van der Waals surface area (Å²) < 4.78 is 28.5. The summed E-state index contributed by atoms with van der Waals surface area (Å²) in [6, 6.07) is 17.9. The quantitative estimate of drug-likeness (QED) is 0.500. The fourth-order valence-corrected chi connectivity index (χ4v) is 3.27. The van der Waals surface area contributed by atoms with Crippen molar-refractivity contribution in [1.82, 2.24) is 19.9 Å². The van der Waals surface area contributed by atoms with Crippen LogP contribution in [0.3, 0.4) is 0 Å². The largest absolute Gasteiger partial charge is 0.345 e. The van der Waals surface area contributed by atoms with Gasteiger partial charge in [-0.15, -0.1) is 0 Å². The smallest absolute Gasteiger partial charge is 0.280 e. The highest BCUT2D eigenvalue weighted by Gasteiger charge is 2.22. The summed E-state index contributed by atoms with van der Waals surface area (Å²) in [6.45, 7) is 3.80. The third-order valence-corrected chi connectivity index (χ3v) is 4.96. The van der Waals surface area contributed by atoms with Crippen LogP contribution in [-0.4, -0.2) is 20.5 Å². The minimum Gasteiger partial charge on any atom is -0.345 e. The standard InChI is InChI=1S/C23H20F2N4O/c1-14-8-10-17(11-9-14)19-12-20(21(24)25)29-22(28-19)18(13-26-29)23(30)27-15(2)16-6-4-3-5-7-16/h3-13,15,21H,1-2H3,(H,27,30)/t15-/m0/s1. The molecule has 4 rings (SSSR count). The van der Waals surface area contributed by atoms with E-state index in [9.17, 15) is 13.6 Å². The van der Waals surface area contributed by atoms with Gasteiger partial charge in [0.05, 0.1) is 17.9 Å². The number of carbonyl (C=O) groups is 1. The number of hydrogen-bond acceptors (Lipinski definition) is 3. The van der Waals surface area contributed by atoms with E-state index in [1.807, 2.05) is 68.4 Å². The Labute approximate surface area is 172 Å². The van der Waals surface area contributed by atoms with E-state index in [1.165, 1.54) is 12.3 Å². The molecule has 0 spiro atoms. The second-order valence-electron chi connectivity index (χ2n) is 7.13. The van der Waals surface area contributed by atoms with Gasteiger partial charge in [-0.05, 0) is 25.5 Å². The average molecular weight is 406 g/mol. The minimum atomic E-state index is -2.77. The topological polar surface area (TPSA) is 59.3 Å². The lowest BCUT2D eigenvalue weighted by Crippen LogP contribution is -2.26. The summed E-state index contributed by atoms with van der Waals surface area (Å²) in [6.07, 6.45) is -1.49. The minimum absolute atomic E-state index is 0.0983. The molecule has 0 saturated carbocycles. The highest BCUT2D eigenvalue weighted by atomic mass is 19.3. The molecule has 0 aliphatic carbocycles. The molecule has 1 amide bonds. The molecule has 152 valence electrons. The first-order chi connectivity index (χ1) is 14.4. The number of alkyl halides is 2. The molecule has 0 aliphatic rings. The van der Waals surface area contributed by atoms with E-state index in [4.69, 9.17) is 0 Å². The summed E-state index contributed by atoms with van der Waals surface area (Å²) >= 11 is 0. The maximum atomic E-state index is 13.7. The Bertz CT molecular complexity index is 1190. The van der Waals surface area contributed by atoms with Crippen molar-refractivity contribution >= 4 is 11.6 Å². The number of amides is 1. The Hall–Kier alpha value is -3.61. The summed E-state index contributed by atoms with van der Waals surface area (Å²) in [5.74, 6) is -0.421. The summed E-state index contributed by atoms with van der Waals surface area (Å²) in [4.78, 5) is 17.4. The highest BCUT2D eigenvalue weighted by Crippen LogP contribution is 2.27. The van der Waals surface area contributed by atoms with Gasteiger partial charge >= 0.3 is 0 Å². The predicted octanol–water partition coefficient (Wildman–Crippen LogP) is 5.13. The maximum Gasteiger partial charge on any atom is 0.280 e. The number of aryl methyl sites for hydroxylation is 1. The molecule has 0 unspecified atom stereocenters. The number of hydrogen-bond donors (Lipinski definition) is 1. The molecule has 30 heavy (non-hydrogen) atoms. The van der Waals surface area contributed by atoms with Gasteiger partial charge in [0.25, 0.3) is 12.3 Å². The number of nitrogens with one attached hydrogen (secondary N) is 1. The molecule has 2 heterocycles. The Balaban J connectivity index is 1.75. The lowest BCUT2D eigenvalue weighted by atomic mass is 10.1. The SMILES string of the molecule is Cc1ccc(-c2cc(C(F)F)n3ncc(C(=O)N[C@@H](C)c4ccccc4)c3n2)cc1. The van der Waals surface area contributed by atoms with Crippen LogP contribution in [0.1, 0.15) is 46.6 Å². The van der Waals surface area contributed by atoms with Crippen LogP contribution in [0.2, 0.25) is 0 Å². The molecule has 5 nitrogen and oxygen atoms in total. The van der Waals surface area contributed by atoms with Crippen molar-refractivity contribution in [3.8, 4) is 11.3 Å². The molecule has 0 bridgehead atoms. The van der Waals surface area contributed by atoms with Crippen LogP contribution < -0.4 is 5.32 Å². The first-order valence-corrected chi connectivity index (χ1v) is 9.53. The van der Waals surface area contributed by atoms with Gasteiger partial charge in [-0.25, -0.2) is 18.3 Å². The molecule has 2 aromatic heterocycles. The number of benzene rings is 2. The molecule has 0 radical (unpaired) electrons. The van der Waals surface area contributed by atoms with Crippen molar-refractivity contribution in [2.24, 2.45) is 0 Å². The van der Waals surface area contributed by atoms with Crippen molar-refractivity contribution in [2.45, 2.75) is 26.3 Å². The lowest BCUT2D eigenvalue weighted by molar-refractivity contribution is 0.0941. The molecule has 2 aromatic carbocycles. The lowest BCUT2D eigenvalue weighted by Gasteiger charge is -2.14. The van der Waals surface area contributed by atoms with Crippen LogP contribution in [0.5, 0.6) is 0 Å². The first-order valence-electron chi connectivity index (χ1n) is 9.53. The van der Waals surface area contributed by atoms with Gasteiger partial charge in [0, 0.05) is 5.56 Å². The van der Waals surface area contributed by atoms with E-state index >= 15 is 0 Å². The number of carbonyl (C=O) groups excluding carboxylic acids is 1. The zero-order valence-electron chi connectivity index (χ0n) is 16.5. The van der Waals surface area contributed by atoms with Crippen molar-refractivity contribution in [1.29, 1.82) is 0 Å². The average Bonchev–Trinajstić information content (AvgIpc) is 3.18. The van der Waals surface area contributed by atoms with Gasteiger partial charge in [0.15, 0.2) is 5.65 Å². The van der Waals surface area contributed by atoms with E-state index in [-0.39, 0.29) is 22.9 Å². The zero-order chi connectivity index (χ0) is 21.3. The number of fused-ring (bicyclic) bond motifs is 1. The van der Waals surface area contributed by atoms with Crippen molar-refractivity contribution in [2.75, 3.05) is 0 Å². The Kier molecular flexibility index (Phi) is 5.27. The molecule has 0 fully saturated rings. The Morgan fingerprint density at radius 2 is 1.77 bits per heavy atom. The third-order valence-electron chi connectivity index (χ3n) is 4.96. The number of nitrogens with zero attached hydrogens (tertiary/aromatic N) is 3. The molecule has 1 atom stereocenters. The van der Waals surface area contributed by atoms with E-state index in [0.717, 1.165) is 15.6 Å². The van der Waals surface area contributed by atoms with Crippen LogP contribution in [-0.2, 0) is 0 Å². The molecule has 0 saturated heterocycles. The molecular weight excluding hydrogens is 386 g/mol. The van der Waals surface area contributed by atoms with Gasteiger partial charge < -0.3 is 5.32 Å².